The topological polar surface area (TPSA) is 27.1 Å². The van der Waals surface area contributed by atoms with Gasteiger partial charge in [0.15, 0.2) is 0 Å². The lowest BCUT2D eigenvalue weighted by atomic mass is 9.89. The molecule has 0 aromatic carbocycles. The van der Waals surface area contributed by atoms with Gasteiger partial charge in [0.05, 0.1) is 17.3 Å². The van der Waals surface area contributed by atoms with Crippen LogP contribution < -0.4 is 0 Å². The molecule has 1 unspecified atom stereocenters. The van der Waals surface area contributed by atoms with E-state index in [1.165, 1.54) is 11.4 Å². The SMILES string of the molecule is CC(C)c1cc(C(C)(C)C)n(C2CCOC2(C)C)n1. The second-order valence-corrected chi connectivity index (χ2v) is 7.56. The van der Waals surface area contributed by atoms with Crippen molar-refractivity contribution in [3.63, 3.8) is 0 Å². The van der Waals surface area contributed by atoms with E-state index in [1.54, 1.807) is 0 Å². The summed E-state index contributed by atoms with van der Waals surface area (Å²) in [5, 5.41) is 4.89. The number of nitrogens with zero attached hydrogens (tertiary/aromatic N) is 2. The number of ether oxygens (including phenoxy) is 1. The van der Waals surface area contributed by atoms with Gasteiger partial charge in [-0.3, -0.25) is 4.68 Å². The van der Waals surface area contributed by atoms with Crippen LogP contribution in [-0.2, 0) is 10.2 Å². The van der Waals surface area contributed by atoms with Gasteiger partial charge in [-0.05, 0) is 32.3 Å². The van der Waals surface area contributed by atoms with Gasteiger partial charge in [-0.25, -0.2) is 0 Å². The minimum absolute atomic E-state index is 0.110. The van der Waals surface area contributed by atoms with E-state index in [4.69, 9.17) is 9.84 Å². The highest BCUT2D eigenvalue weighted by atomic mass is 16.5. The van der Waals surface area contributed by atoms with E-state index < -0.39 is 0 Å². The predicted molar refractivity (Wildman–Crippen MR) is 78.7 cm³/mol. The Labute approximate surface area is 117 Å². The fourth-order valence-electron chi connectivity index (χ4n) is 2.79. The molecule has 3 heteroatoms. The van der Waals surface area contributed by atoms with Gasteiger partial charge >= 0.3 is 0 Å². The molecular formula is C16H28N2O. The molecule has 0 radical (unpaired) electrons. The largest absolute Gasteiger partial charge is 0.373 e. The molecule has 0 aliphatic carbocycles. The lowest BCUT2D eigenvalue weighted by molar-refractivity contribution is 0.0107. The zero-order valence-electron chi connectivity index (χ0n) is 13.4. The molecule has 1 saturated heterocycles. The molecule has 0 bridgehead atoms. The quantitative estimate of drug-likeness (QED) is 0.806. The van der Waals surface area contributed by atoms with Gasteiger partial charge in [-0.1, -0.05) is 34.6 Å². The molecule has 1 atom stereocenters. The van der Waals surface area contributed by atoms with Gasteiger partial charge in [0, 0.05) is 17.7 Å². The predicted octanol–water partition coefficient (Wildman–Crippen LogP) is 4.04. The first-order valence-electron chi connectivity index (χ1n) is 7.37. The molecule has 0 amide bonds. The zero-order chi connectivity index (χ0) is 14.4. The highest BCUT2D eigenvalue weighted by Crippen LogP contribution is 2.39. The molecule has 0 spiro atoms. The van der Waals surface area contributed by atoms with Crippen molar-refractivity contribution >= 4 is 0 Å². The van der Waals surface area contributed by atoms with Crippen molar-refractivity contribution in [3.05, 3.63) is 17.5 Å². The average Bonchev–Trinajstić information content (AvgIpc) is 2.79. The minimum atomic E-state index is -0.125. The van der Waals surface area contributed by atoms with Crippen LogP contribution in [0.15, 0.2) is 6.07 Å². The third-order valence-corrected chi connectivity index (χ3v) is 4.08. The number of aromatic nitrogens is 2. The van der Waals surface area contributed by atoms with Crippen LogP contribution in [0.25, 0.3) is 0 Å². The number of hydrogen-bond donors (Lipinski definition) is 0. The molecule has 108 valence electrons. The third-order valence-electron chi connectivity index (χ3n) is 4.08. The summed E-state index contributed by atoms with van der Waals surface area (Å²) >= 11 is 0. The van der Waals surface area contributed by atoms with Crippen LogP contribution >= 0.6 is 0 Å². The van der Waals surface area contributed by atoms with Crippen LogP contribution in [0.3, 0.4) is 0 Å². The van der Waals surface area contributed by atoms with Gasteiger partial charge in [0.1, 0.15) is 0 Å². The number of hydrogen-bond acceptors (Lipinski definition) is 2. The number of rotatable bonds is 2. The Hall–Kier alpha value is -0.830. The van der Waals surface area contributed by atoms with E-state index in [1.807, 2.05) is 0 Å². The van der Waals surface area contributed by atoms with Crippen molar-refractivity contribution in [2.24, 2.45) is 0 Å². The van der Waals surface area contributed by atoms with Crippen molar-refractivity contribution in [1.29, 1.82) is 0 Å². The Balaban J connectivity index is 2.49. The maximum atomic E-state index is 5.88. The van der Waals surface area contributed by atoms with Gasteiger partial charge < -0.3 is 4.74 Å². The molecule has 19 heavy (non-hydrogen) atoms. The first-order valence-corrected chi connectivity index (χ1v) is 7.37. The molecule has 2 heterocycles. The van der Waals surface area contributed by atoms with Crippen LogP contribution in [0, 0.1) is 0 Å². The van der Waals surface area contributed by atoms with E-state index in [-0.39, 0.29) is 11.0 Å². The second kappa shape index (κ2) is 4.62. The first kappa shape index (κ1) is 14.6. The molecule has 1 aliphatic rings. The minimum Gasteiger partial charge on any atom is -0.373 e. The molecule has 2 rings (SSSR count). The highest BCUT2D eigenvalue weighted by Gasteiger charge is 2.40. The lowest BCUT2D eigenvalue weighted by Gasteiger charge is -2.30. The summed E-state index contributed by atoms with van der Waals surface area (Å²) in [5.41, 5.74) is 2.49. The van der Waals surface area contributed by atoms with Crippen molar-refractivity contribution in [2.45, 2.75) is 77.9 Å². The van der Waals surface area contributed by atoms with Crippen LogP contribution in [0.4, 0.5) is 0 Å². The van der Waals surface area contributed by atoms with Crippen molar-refractivity contribution in [3.8, 4) is 0 Å². The zero-order valence-corrected chi connectivity index (χ0v) is 13.4. The molecule has 0 saturated carbocycles. The summed E-state index contributed by atoms with van der Waals surface area (Å²) in [6.45, 7) is 16.4. The lowest BCUT2D eigenvalue weighted by Crippen LogP contribution is -2.33. The Kier molecular flexibility index (Phi) is 3.54. The molecule has 0 N–H and O–H groups in total. The monoisotopic (exact) mass is 264 g/mol. The van der Waals surface area contributed by atoms with Crippen LogP contribution in [-0.4, -0.2) is 22.0 Å². The summed E-state index contributed by atoms with van der Waals surface area (Å²) in [5.74, 6) is 0.466. The maximum absolute atomic E-state index is 5.88. The van der Waals surface area contributed by atoms with E-state index >= 15 is 0 Å². The standard InChI is InChI=1S/C16H28N2O/c1-11(2)12-10-14(15(3,4)5)18(17-12)13-8-9-19-16(13,6)7/h10-11,13H,8-9H2,1-7H3. The second-order valence-electron chi connectivity index (χ2n) is 7.56. The van der Waals surface area contributed by atoms with Crippen molar-refractivity contribution in [1.82, 2.24) is 9.78 Å². The maximum Gasteiger partial charge on any atom is 0.0850 e. The third kappa shape index (κ3) is 2.71. The molecule has 3 nitrogen and oxygen atoms in total. The Morgan fingerprint density at radius 3 is 2.42 bits per heavy atom. The summed E-state index contributed by atoms with van der Waals surface area (Å²) in [4.78, 5) is 0. The molecule has 1 aromatic heterocycles. The van der Waals surface area contributed by atoms with Crippen molar-refractivity contribution in [2.75, 3.05) is 6.61 Å². The summed E-state index contributed by atoms with van der Waals surface area (Å²) in [7, 11) is 0. The fraction of sp³-hybridized carbons (Fsp3) is 0.812. The summed E-state index contributed by atoms with van der Waals surface area (Å²) < 4.78 is 8.12. The van der Waals surface area contributed by atoms with E-state index in [9.17, 15) is 0 Å². The average molecular weight is 264 g/mol. The summed E-state index contributed by atoms with van der Waals surface area (Å²) in [6, 6.07) is 2.62. The van der Waals surface area contributed by atoms with Crippen LogP contribution in [0.1, 0.15) is 78.2 Å². The smallest absolute Gasteiger partial charge is 0.0850 e. The van der Waals surface area contributed by atoms with Crippen LogP contribution in [0.5, 0.6) is 0 Å². The van der Waals surface area contributed by atoms with E-state index in [0.717, 1.165) is 13.0 Å². The summed E-state index contributed by atoms with van der Waals surface area (Å²) in [6.07, 6.45) is 1.05. The Morgan fingerprint density at radius 2 is 2.00 bits per heavy atom. The molecular weight excluding hydrogens is 236 g/mol. The fourth-order valence-corrected chi connectivity index (χ4v) is 2.79. The first-order chi connectivity index (χ1) is 8.63. The van der Waals surface area contributed by atoms with E-state index in [2.05, 4.69) is 59.2 Å². The van der Waals surface area contributed by atoms with Gasteiger partial charge in [0.2, 0.25) is 0 Å². The highest BCUT2D eigenvalue weighted by molar-refractivity contribution is 5.21. The molecule has 1 aliphatic heterocycles. The van der Waals surface area contributed by atoms with Crippen molar-refractivity contribution < 1.29 is 4.74 Å². The molecule has 1 fully saturated rings. The van der Waals surface area contributed by atoms with Crippen LogP contribution in [0.2, 0.25) is 0 Å². The Morgan fingerprint density at radius 1 is 1.37 bits per heavy atom. The van der Waals surface area contributed by atoms with E-state index in [0.29, 0.717) is 12.0 Å². The van der Waals surface area contributed by atoms with Gasteiger partial charge in [-0.15, -0.1) is 0 Å². The normalized spacial score (nSPS) is 23.3. The Bertz CT molecular complexity index is 452. The molecule has 1 aromatic rings. The van der Waals surface area contributed by atoms with Gasteiger partial charge in [-0.2, -0.15) is 5.10 Å². The van der Waals surface area contributed by atoms with Gasteiger partial charge in [0.25, 0.3) is 0 Å².